The van der Waals surface area contributed by atoms with Gasteiger partial charge >= 0.3 is 0 Å². The van der Waals surface area contributed by atoms with E-state index in [2.05, 4.69) is 10.6 Å². The molecular weight excluding hydrogens is 421 g/mol. The summed E-state index contributed by atoms with van der Waals surface area (Å²) >= 11 is 0. The van der Waals surface area contributed by atoms with Gasteiger partial charge in [-0.2, -0.15) is 4.73 Å². The number of benzene rings is 2. The molecule has 1 fully saturated rings. The lowest BCUT2D eigenvalue weighted by Crippen LogP contribution is -2.33. The fourth-order valence-corrected chi connectivity index (χ4v) is 3.66. The highest BCUT2D eigenvalue weighted by atomic mass is 19.1. The van der Waals surface area contributed by atoms with Gasteiger partial charge in [-0.1, -0.05) is 23.8 Å². The molecular formula is C26H26FN3O3. The third kappa shape index (κ3) is 5.03. The van der Waals surface area contributed by atoms with E-state index >= 15 is 0 Å². The molecule has 0 spiro atoms. The van der Waals surface area contributed by atoms with Crippen molar-refractivity contribution < 1.29 is 18.7 Å². The molecule has 4 rings (SSSR count). The van der Waals surface area contributed by atoms with Gasteiger partial charge in [0, 0.05) is 24.2 Å². The van der Waals surface area contributed by atoms with Crippen molar-refractivity contribution in [2.75, 3.05) is 0 Å². The number of carbonyl (C=O) groups is 2. The van der Waals surface area contributed by atoms with Gasteiger partial charge in [0.05, 0.1) is 5.56 Å². The Hall–Kier alpha value is -3.74. The Bertz CT molecular complexity index is 1250. The summed E-state index contributed by atoms with van der Waals surface area (Å²) in [6, 6.07) is 11.8. The summed E-state index contributed by atoms with van der Waals surface area (Å²) in [6.45, 7) is 5.86. The Balaban J connectivity index is 1.55. The minimum Gasteiger partial charge on any atom is -0.618 e. The van der Waals surface area contributed by atoms with Gasteiger partial charge in [0.25, 0.3) is 11.8 Å². The first-order valence-electron chi connectivity index (χ1n) is 10.9. The first-order valence-corrected chi connectivity index (χ1v) is 10.9. The van der Waals surface area contributed by atoms with Gasteiger partial charge in [-0.05, 0) is 68.5 Å². The Morgan fingerprint density at radius 1 is 1.03 bits per heavy atom. The Morgan fingerprint density at radius 3 is 2.48 bits per heavy atom. The lowest BCUT2D eigenvalue weighted by atomic mass is 10.00. The molecule has 7 heteroatoms. The molecule has 33 heavy (non-hydrogen) atoms. The molecule has 0 unspecified atom stereocenters. The van der Waals surface area contributed by atoms with Crippen LogP contribution in [0.2, 0.25) is 0 Å². The summed E-state index contributed by atoms with van der Waals surface area (Å²) in [5.74, 6) is -1.31. The smallest absolute Gasteiger partial charge is 0.257 e. The van der Waals surface area contributed by atoms with Gasteiger partial charge in [0.15, 0.2) is 6.20 Å². The van der Waals surface area contributed by atoms with E-state index in [0.717, 1.165) is 29.5 Å². The van der Waals surface area contributed by atoms with E-state index in [1.165, 1.54) is 30.5 Å². The molecule has 2 aromatic carbocycles. The van der Waals surface area contributed by atoms with E-state index in [1.807, 2.05) is 32.0 Å². The molecule has 0 atom stereocenters. The maximum absolute atomic E-state index is 14.5. The van der Waals surface area contributed by atoms with Crippen molar-refractivity contribution in [3.05, 3.63) is 93.1 Å². The Kier molecular flexibility index (Phi) is 6.14. The van der Waals surface area contributed by atoms with Crippen LogP contribution in [0.3, 0.4) is 0 Å². The summed E-state index contributed by atoms with van der Waals surface area (Å²) in [5.41, 5.74) is 4.26. The van der Waals surface area contributed by atoms with Crippen LogP contribution in [0, 0.1) is 31.8 Å². The zero-order valence-electron chi connectivity index (χ0n) is 18.9. The van der Waals surface area contributed by atoms with Crippen molar-refractivity contribution in [2.24, 2.45) is 0 Å². The molecule has 1 aliphatic carbocycles. The van der Waals surface area contributed by atoms with Crippen LogP contribution in [-0.4, -0.2) is 17.9 Å². The Morgan fingerprint density at radius 2 is 1.79 bits per heavy atom. The fourth-order valence-electron chi connectivity index (χ4n) is 3.66. The molecule has 0 saturated heterocycles. The quantitative estimate of drug-likeness (QED) is 0.444. The summed E-state index contributed by atoms with van der Waals surface area (Å²) in [5, 5.41) is 18.4. The predicted octanol–water partition coefficient (Wildman–Crippen LogP) is 3.87. The zero-order valence-corrected chi connectivity index (χ0v) is 18.9. The molecule has 0 bridgehead atoms. The van der Waals surface area contributed by atoms with Crippen LogP contribution < -0.4 is 15.4 Å². The predicted molar refractivity (Wildman–Crippen MR) is 123 cm³/mol. The highest BCUT2D eigenvalue weighted by Crippen LogP contribution is 2.26. The second-order valence-electron chi connectivity index (χ2n) is 8.62. The number of hydrogen-bond acceptors (Lipinski definition) is 3. The lowest BCUT2D eigenvalue weighted by Gasteiger charge is -2.12. The maximum atomic E-state index is 14.5. The van der Waals surface area contributed by atoms with Gasteiger partial charge in [0.1, 0.15) is 11.4 Å². The van der Waals surface area contributed by atoms with Crippen LogP contribution in [0.5, 0.6) is 0 Å². The van der Waals surface area contributed by atoms with Crippen LogP contribution in [-0.2, 0) is 6.54 Å². The molecule has 0 radical (unpaired) electrons. The molecule has 1 heterocycles. The second kappa shape index (κ2) is 9.02. The topological polar surface area (TPSA) is 85.1 Å². The summed E-state index contributed by atoms with van der Waals surface area (Å²) in [7, 11) is 0. The van der Waals surface area contributed by atoms with E-state index in [-0.39, 0.29) is 40.2 Å². The number of nitrogens with one attached hydrogen (secondary N) is 2. The first-order chi connectivity index (χ1) is 15.7. The molecule has 2 N–H and O–H groups in total. The van der Waals surface area contributed by atoms with Crippen molar-refractivity contribution in [1.29, 1.82) is 0 Å². The van der Waals surface area contributed by atoms with Gasteiger partial charge in [-0.25, -0.2) is 4.39 Å². The molecule has 3 aromatic rings. The van der Waals surface area contributed by atoms with Crippen molar-refractivity contribution in [3.8, 4) is 11.3 Å². The normalized spacial score (nSPS) is 13.0. The summed E-state index contributed by atoms with van der Waals surface area (Å²) < 4.78 is 15.1. The van der Waals surface area contributed by atoms with Crippen LogP contribution >= 0.6 is 0 Å². The van der Waals surface area contributed by atoms with E-state index in [0.29, 0.717) is 16.8 Å². The van der Waals surface area contributed by atoms with Gasteiger partial charge in [-0.15, -0.1) is 0 Å². The van der Waals surface area contributed by atoms with Crippen molar-refractivity contribution >= 4 is 11.8 Å². The van der Waals surface area contributed by atoms with E-state index in [9.17, 15) is 19.2 Å². The molecule has 170 valence electrons. The fraction of sp³-hybridized carbons (Fsp3) is 0.269. The molecule has 1 aliphatic rings. The lowest BCUT2D eigenvalue weighted by molar-refractivity contribution is -0.593. The van der Waals surface area contributed by atoms with Gasteiger partial charge in [0.2, 0.25) is 5.69 Å². The SMILES string of the molecule is Cc1ccc(C)c(CNC(=O)c2ccc(-c3cc(C(=O)NC4CC4)cc(F)c3C)[n+]([O-])c2)c1. The highest BCUT2D eigenvalue weighted by molar-refractivity contribution is 5.96. The number of hydrogen-bond donors (Lipinski definition) is 2. The van der Waals surface area contributed by atoms with Crippen LogP contribution in [0.25, 0.3) is 11.3 Å². The van der Waals surface area contributed by atoms with Gasteiger partial charge in [-0.3, -0.25) is 9.59 Å². The molecule has 0 aliphatic heterocycles. The molecule has 2 amide bonds. The van der Waals surface area contributed by atoms with E-state index in [1.54, 1.807) is 6.92 Å². The number of nitrogens with zero attached hydrogens (tertiary/aromatic N) is 1. The number of halogens is 1. The minimum atomic E-state index is -0.566. The number of pyridine rings is 1. The molecule has 6 nitrogen and oxygen atoms in total. The van der Waals surface area contributed by atoms with Crippen molar-refractivity contribution in [3.63, 3.8) is 0 Å². The van der Waals surface area contributed by atoms with E-state index in [4.69, 9.17) is 0 Å². The average Bonchev–Trinajstić information content (AvgIpc) is 3.60. The van der Waals surface area contributed by atoms with E-state index < -0.39 is 5.82 Å². The number of aryl methyl sites for hydroxylation is 2. The van der Waals surface area contributed by atoms with Crippen molar-refractivity contribution in [1.82, 2.24) is 10.6 Å². The number of carbonyl (C=O) groups excluding carboxylic acids is 2. The number of amides is 2. The third-order valence-electron chi connectivity index (χ3n) is 5.92. The minimum absolute atomic E-state index is 0.135. The van der Waals surface area contributed by atoms with Crippen LogP contribution in [0.4, 0.5) is 4.39 Å². The first kappa shape index (κ1) is 22.5. The average molecular weight is 448 g/mol. The number of aromatic nitrogens is 1. The monoisotopic (exact) mass is 447 g/mol. The number of rotatable bonds is 6. The van der Waals surface area contributed by atoms with Crippen LogP contribution in [0.15, 0.2) is 48.7 Å². The Labute approximate surface area is 192 Å². The molecule has 1 saturated carbocycles. The van der Waals surface area contributed by atoms with Crippen LogP contribution in [0.1, 0.15) is 55.8 Å². The standard InChI is InChI=1S/C26H26FN3O3/c1-15-4-5-16(2)20(10-15)13-28-25(31)18-6-9-24(30(33)14-18)22-11-19(12-23(27)17(22)3)26(32)29-21-7-8-21/h4-6,9-12,14,21H,7-8,13H2,1-3H3,(H,28,31)(H,29,32). The maximum Gasteiger partial charge on any atom is 0.257 e. The molecule has 1 aromatic heterocycles. The zero-order chi connectivity index (χ0) is 23.7. The van der Waals surface area contributed by atoms with Gasteiger partial charge < -0.3 is 15.8 Å². The second-order valence-corrected chi connectivity index (χ2v) is 8.62. The summed E-state index contributed by atoms with van der Waals surface area (Å²) in [4.78, 5) is 25.0. The largest absolute Gasteiger partial charge is 0.618 e. The highest BCUT2D eigenvalue weighted by Gasteiger charge is 2.25. The van der Waals surface area contributed by atoms with Crippen molar-refractivity contribution in [2.45, 2.75) is 46.2 Å². The third-order valence-corrected chi connectivity index (χ3v) is 5.92. The summed E-state index contributed by atoms with van der Waals surface area (Å²) in [6.07, 6.45) is 3.00.